The van der Waals surface area contributed by atoms with Gasteiger partial charge in [-0.1, -0.05) is 6.92 Å². The Bertz CT molecular complexity index is 1130. The number of amides is 1. The predicted octanol–water partition coefficient (Wildman–Crippen LogP) is 4.34. The van der Waals surface area contributed by atoms with Crippen molar-refractivity contribution in [2.24, 2.45) is 0 Å². The van der Waals surface area contributed by atoms with Gasteiger partial charge in [-0.25, -0.2) is 17.8 Å². The number of sulfonamides is 1. The van der Waals surface area contributed by atoms with Crippen molar-refractivity contribution in [1.29, 1.82) is 0 Å². The number of hydrogen-bond donors (Lipinski definition) is 2. The number of nitrogens with zero attached hydrogens (tertiary/aromatic N) is 1. The largest absolute Gasteiger partial charge is 0.439 e. The molecule has 3 aromatic rings. The summed E-state index contributed by atoms with van der Waals surface area (Å²) >= 11 is 0. The summed E-state index contributed by atoms with van der Waals surface area (Å²) in [4.78, 5) is 16.2. The van der Waals surface area contributed by atoms with E-state index in [1.54, 1.807) is 24.3 Å². The molecule has 0 saturated heterocycles. The molecule has 31 heavy (non-hydrogen) atoms. The van der Waals surface area contributed by atoms with Gasteiger partial charge in [-0.3, -0.25) is 9.52 Å². The summed E-state index contributed by atoms with van der Waals surface area (Å²) in [5.41, 5.74) is 0.750. The van der Waals surface area contributed by atoms with E-state index in [-0.39, 0.29) is 16.8 Å². The van der Waals surface area contributed by atoms with Crippen molar-refractivity contribution in [2.75, 3.05) is 4.72 Å². The van der Waals surface area contributed by atoms with Gasteiger partial charge in [-0.15, -0.1) is 0 Å². The van der Waals surface area contributed by atoms with Crippen molar-refractivity contribution >= 4 is 21.6 Å². The van der Waals surface area contributed by atoms with Crippen LogP contribution in [0.4, 0.5) is 10.1 Å². The summed E-state index contributed by atoms with van der Waals surface area (Å²) in [5.74, 6) is 0.0122. The second kappa shape index (κ2) is 9.57. The van der Waals surface area contributed by atoms with E-state index in [0.717, 1.165) is 18.6 Å². The lowest BCUT2D eigenvalue weighted by Gasteiger charge is -2.11. The lowest BCUT2D eigenvalue weighted by Crippen LogP contribution is -2.31. The Labute approximate surface area is 180 Å². The van der Waals surface area contributed by atoms with Crippen LogP contribution in [0, 0.1) is 5.82 Å². The van der Waals surface area contributed by atoms with Gasteiger partial charge in [0.2, 0.25) is 5.88 Å². The first-order valence-corrected chi connectivity index (χ1v) is 11.1. The van der Waals surface area contributed by atoms with Crippen LogP contribution in [-0.2, 0) is 10.0 Å². The molecule has 0 unspecified atom stereocenters. The number of ether oxygens (including phenoxy) is 1. The van der Waals surface area contributed by atoms with E-state index >= 15 is 0 Å². The summed E-state index contributed by atoms with van der Waals surface area (Å²) in [6.07, 6.45) is 2.26. The van der Waals surface area contributed by atoms with Crippen LogP contribution in [0.3, 0.4) is 0 Å². The van der Waals surface area contributed by atoms with E-state index in [1.165, 1.54) is 30.5 Å². The summed E-state index contributed by atoms with van der Waals surface area (Å²) in [6.45, 7) is 3.91. The second-order valence-electron chi connectivity index (χ2n) is 6.85. The number of carbonyl (C=O) groups is 1. The number of hydrogen-bond acceptors (Lipinski definition) is 5. The highest BCUT2D eigenvalue weighted by Crippen LogP contribution is 2.23. The van der Waals surface area contributed by atoms with Crippen LogP contribution in [0.15, 0.2) is 71.8 Å². The smallest absolute Gasteiger partial charge is 0.261 e. The predicted molar refractivity (Wildman–Crippen MR) is 115 cm³/mol. The van der Waals surface area contributed by atoms with E-state index in [4.69, 9.17) is 4.74 Å². The van der Waals surface area contributed by atoms with Crippen molar-refractivity contribution in [1.82, 2.24) is 10.3 Å². The molecule has 1 amide bonds. The van der Waals surface area contributed by atoms with Crippen LogP contribution < -0.4 is 14.8 Å². The first-order chi connectivity index (χ1) is 14.8. The molecule has 0 aliphatic carbocycles. The van der Waals surface area contributed by atoms with Crippen molar-refractivity contribution in [2.45, 2.75) is 31.2 Å². The molecule has 0 saturated carbocycles. The summed E-state index contributed by atoms with van der Waals surface area (Å²) in [6, 6.07) is 14.0. The van der Waals surface area contributed by atoms with E-state index in [0.29, 0.717) is 22.9 Å². The third-order valence-electron chi connectivity index (χ3n) is 4.44. The first-order valence-electron chi connectivity index (χ1n) is 9.60. The minimum atomic E-state index is -3.83. The molecule has 0 spiro atoms. The quantitative estimate of drug-likeness (QED) is 0.540. The molecule has 1 atom stereocenters. The highest BCUT2D eigenvalue weighted by atomic mass is 32.2. The maximum Gasteiger partial charge on any atom is 0.261 e. The van der Waals surface area contributed by atoms with Gasteiger partial charge in [0.1, 0.15) is 11.6 Å². The van der Waals surface area contributed by atoms with Gasteiger partial charge >= 0.3 is 0 Å². The molecule has 7 nitrogen and oxygen atoms in total. The molecular formula is C22H22FN3O4S. The standard InChI is InChI=1S/C22H22FN3O4S/c1-3-15(2)25-22(27)16-4-13-21(24-14-16)30-19-9-7-18(8-10-19)26-31(28,29)20-11-5-17(23)6-12-20/h4-15,26H,3H2,1-2H3,(H,25,27)/t15-/m1/s1. The van der Waals surface area contributed by atoms with Gasteiger partial charge in [0.15, 0.2) is 0 Å². The number of aromatic nitrogens is 1. The molecule has 2 aromatic carbocycles. The Balaban J connectivity index is 1.63. The average molecular weight is 444 g/mol. The molecule has 1 aromatic heterocycles. The fourth-order valence-electron chi connectivity index (χ4n) is 2.52. The van der Waals surface area contributed by atoms with Crippen molar-refractivity contribution in [3.63, 3.8) is 0 Å². The zero-order valence-corrected chi connectivity index (χ0v) is 17.8. The number of carbonyl (C=O) groups excluding carboxylic acids is 1. The molecule has 2 N–H and O–H groups in total. The van der Waals surface area contributed by atoms with Crippen LogP contribution in [0.5, 0.6) is 11.6 Å². The van der Waals surface area contributed by atoms with E-state index in [1.807, 2.05) is 13.8 Å². The Hall–Kier alpha value is -3.46. The third kappa shape index (κ3) is 6.02. The molecular weight excluding hydrogens is 421 g/mol. The molecule has 0 fully saturated rings. The number of benzene rings is 2. The highest BCUT2D eigenvalue weighted by Gasteiger charge is 2.14. The van der Waals surface area contributed by atoms with Gasteiger partial charge in [0.05, 0.1) is 10.5 Å². The highest BCUT2D eigenvalue weighted by molar-refractivity contribution is 7.92. The molecule has 162 valence electrons. The lowest BCUT2D eigenvalue weighted by atomic mass is 10.2. The van der Waals surface area contributed by atoms with Crippen LogP contribution in [0.25, 0.3) is 0 Å². The first kappa shape index (κ1) is 22.2. The number of pyridine rings is 1. The van der Waals surface area contributed by atoms with Crippen LogP contribution in [-0.4, -0.2) is 25.4 Å². The molecule has 0 aliphatic heterocycles. The normalized spacial score (nSPS) is 12.1. The average Bonchev–Trinajstić information content (AvgIpc) is 2.75. The Kier molecular flexibility index (Phi) is 6.86. The Morgan fingerprint density at radius 3 is 2.32 bits per heavy atom. The summed E-state index contributed by atoms with van der Waals surface area (Å²) in [7, 11) is -3.83. The van der Waals surface area contributed by atoms with Crippen LogP contribution in [0.2, 0.25) is 0 Å². The lowest BCUT2D eigenvalue weighted by molar-refractivity contribution is 0.0939. The molecule has 0 aliphatic rings. The number of rotatable bonds is 8. The molecule has 3 rings (SSSR count). The summed E-state index contributed by atoms with van der Waals surface area (Å²) < 4.78 is 45.8. The van der Waals surface area contributed by atoms with Gasteiger partial charge in [0, 0.05) is 24.0 Å². The topological polar surface area (TPSA) is 97.4 Å². The zero-order valence-electron chi connectivity index (χ0n) is 17.0. The van der Waals surface area contributed by atoms with Crippen LogP contribution >= 0.6 is 0 Å². The van der Waals surface area contributed by atoms with E-state index < -0.39 is 15.8 Å². The van der Waals surface area contributed by atoms with Crippen molar-refractivity contribution < 1.29 is 22.3 Å². The molecule has 0 bridgehead atoms. The number of anilines is 1. The number of halogens is 1. The molecule has 9 heteroatoms. The SMILES string of the molecule is CC[C@@H](C)NC(=O)c1ccc(Oc2ccc(NS(=O)(=O)c3ccc(F)cc3)cc2)nc1. The molecule has 0 radical (unpaired) electrons. The van der Waals surface area contributed by atoms with E-state index in [9.17, 15) is 17.6 Å². The minimum Gasteiger partial charge on any atom is -0.439 e. The number of nitrogens with one attached hydrogen (secondary N) is 2. The minimum absolute atomic E-state index is 0.0455. The van der Waals surface area contributed by atoms with Crippen molar-refractivity contribution in [3.8, 4) is 11.6 Å². The van der Waals surface area contributed by atoms with Gasteiger partial charge in [0.25, 0.3) is 15.9 Å². The zero-order chi connectivity index (χ0) is 22.4. The van der Waals surface area contributed by atoms with Crippen LogP contribution in [0.1, 0.15) is 30.6 Å². The van der Waals surface area contributed by atoms with Crippen molar-refractivity contribution in [3.05, 3.63) is 78.2 Å². The van der Waals surface area contributed by atoms with Gasteiger partial charge in [-0.05, 0) is 67.9 Å². The Morgan fingerprint density at radius 1 is 1.06 bits per heavy atom. The monoisotopic (exact) mass is 443 g/mol. The third-order valence-corrected chi connectivity index (χ3v) is 5.84. The molecule has 1 heterocycles. The van der Waals surface area contributed by atoms with Gasteiger partial charge in [-0.2, -0.15) is 0 Å². The fourth-order valence-corrected chi connectivity index (χ4v) is 3.58. The fraction of sp³-hybridized carbons (Fsp3) is 0.182. The van der Waals surface area contributed by atoms with Gasteiger partial charge < -0.3 is 10.1 Å². The Morgan fingerprint density at radius 2 is 1.74 bits per heavy atom. The van der Waals surface area contributed by atoms with E-state index in [2.05, 4.69) is 15.0 Å². The summed E-state index contributed by atoms with van der Waals surface area (Å²) in [5, 5.41) is 2.86. The maximum atomic E-state index is 13.0. The second-order valence-corrected chi connectivity index (χ2v) is 8.54. The maximum absolute atomic E-state index is 13.0.